The average Bonchev–Trinajstić information content (AvgIpc) is 3.70. The fourth-order valence-electron chi connectivity index (χ4n) is 5.64. The number of esters is 1. The number of aliphatic carboxylic acids is 1. The number of nitrogens with one attached hydrogen (secondary N) is 1. The number of nitrogens with zero attached hydrogens (tertiary/aromatic N) is 4. The van der Waals surface area contributed by atoms with Crippen LogP contribution < -0.4 is 5.32 Å². The van der Waals surface area contributed by atoms with Gasteiger partial charge in [0.15, 0.2) is 10.8 Å². The molecule has 2 aliphatic rings. The largest absolute Gasteiger partial charge is 0.480 e. The molecule has 0 bridgehead atoms. The normalized spacial score (nSPS) is 18.6. The summed E-state index contributed by atoms with van der Waals surface area (Å²) in [6.45, 7) is 4.41. The number of benzene rings is 2. The Balaban J connectivity index is 1.28. The van der Waals surface area contributed by atoms with E-state index in [0.717, 1.165) is 5.39 Å². The topological polar surface area (TPSA) is 120 Å². The van der Waals surface area contributed by atoms with Crippen molar-refractivity contribution in [2.45, 2.75) is 19.0 Å². The highest BCUT2D eigenvalue weighted by Crippen LogP contribution is 2.37. The first-order chi connectivity index (χ1) is 21.3. The molecule has 13 heteroatoms. The van der Waals surface area contributed by atoms with Crippen LogP contribution in [0.1, 0.15) is 35.1 Å². The number of thiazole rings is 1. The van der Waals surface area contributed by atoms with Gasteiger partial charge in [0.1, 0.15) is 23.5 Å². The number of halogens is 2. The Kier molecular flexibility index (Phi) is 8.89. The molecule has 10 nitrogen and oxygen atoms in total. The van der Waals surface area contributed by atoms with Crippen LogP contribution in [0.25, 0.3) is 11.0 Å². The van der Waals surface area contributed by atoms with E-state index in [2.05, 4.69) is 31.1 Å². The second-order valence-electron chi connectivity index (χ2n) is 10.4. The van der Waals surface area contributed by atoms with Crippen LogP contribution in [0.3, 0.4) is 0 Å². The van der Waals surface area contributed by atoms with E-state index in [0.29, 0.717) is 76.0 Å². The molecular weight excluding hydrogens is 653 g/mol. The van der Waals surface area contributed by atoms with Gasteiger partial charge in [-0.15, -0.1) is 11.3 Å². The number of aliphatic imine (C=N–C) groups is 1. The van der Waals surface area contributed by atoms with E-state index in [-0.39, 0.29) is 6.61 Å². The van der Waals surface area contributed by atoms with Gasteiger partial charge in [-0.1, -0.05) is 28.1 Å². The van der Waals surface area contributed by atoms with Crippen molar-refractivity contribution in [2.24, 2.45) is 4.99 Å². The van der Waals surface area contributed by atoms with E-state index in [1.807, 2.05) is 22.4 Å². The van der Waals surface area contributed by atoms with Crippen LogP contribution in [0.2, 0.25) is 0 Å². The molecule has 0 amide bonds. The summed E-state index contributed by atoms with van der Waals surface area (Å²) >= 11 is 4.87. The zero-order chi connectivity index (χ0) is 30.8. The van der Waals surface area contributed by atoms with Gasteiger partial charge in [0, 0.05) is 59.9 Å². The molecule has 6 rings (SSSR count). The Hall–Kier alpha value is -3.91. The minimum atomic E-state index is -0.917. The highest BCUT2D eigenvalue weighted by Gasteiger charge is 2.36. The number of aromatic nitrogens is 1. The SMILES string of the molecule is CCOC(=O)C1=C(CN2CCN(C(C(=O)O)c3ccc4occc4c3)CC2)NC(c2nccs2)=NC1c1ccc(F)cc1Br. The van der Waals surface area contributed by atoms with Crippen LogP contribution in [0, 0.1) is 5.82 Å². The summed E-state index contributed by atoms with van der Waals surface area (Å²) in [4.78, 5) is 39.3. The number of carboxylic acids is 1. The number of carbonyl (C=O) groups excluding carboxylic acids is 1. The molecule has 2 aliphatic heterocycles. The molecule has 2 atom stereocenters. The summed E-state index contributed by atoms with van der Waals surface area (Å²) < 4.78 is 25.4. The molecule has 1 fully saturated rings. The number of piperazine rings is 1. The molecule has 0 saturated carbocycles. The lowest BCUT2D eigenvalue weighted by atomic mass is 9.95. The number of carbonyl (C=O) groups is 2. The van der Waals surface area contributed by atoms with Crippen LogP contribution in [0.5, 0.6) is 0 Å². The van der Waals surface area contributed by atoms with Crippen molar-refractivity contribution in [3.63, 3.8) is 0 Å². The standard InChI is InChI=1S/C31H29BrFN5O5S/c1-2-42-31(41)25-23(35-28(29-34-8-14-44-29)36-26(25)21-5-4-20(33)16-22(21)32)17-37-9-11-38(12-10-37)27(30(39)40)19-3-6-24-18(15-19)7-13-43-24/h3-8,13-16,26-27H,2,9-12,17H2,1H3,(H,35,36)(H,39,40). The van der Waals surface area contributed by atoms with Crippen LogP contribution in [0.4, 0.5) is 4.39 Å². The molecule has 2 aromatic carbocycles. The maximum Gasteiger partial charge on any atom is 0.338 e. The van der Waals surface area contributed by atoms with Gasteiger partial charge >= 0.3 is 11.9 Å². The van der Waals surface area contributed by atoms with Crippen molar-refractivity contribution in [1.29, 1.82) is 0 Å². The zero-order valence-electron chi connectivity index (χ0n) is 23.7. The predicted octanol–water partition coefficient (Wildman–Crippen LogP) is 5.14. The van der Waals surface area contributed by atoms with E-state index in [4.69, 9.17) is 14.1 Å². The van der Waals surface area contributed by atoms with E-state index in [1.54, 1.807) is 37.6 Å². The van der Waals surface area contributed by atoms with E-state index in [1.165, 1.54) is 23.5 Å². The number of hydrogen-bond donors (Lipinski definition) is 2. The van der Waals surface area contributed by atoms with Gasteiger partial charge in [-0.3, -0.25) is 19.6 Å². The number of fused-ring (bicyclic) bond motifs is 1. The fraction of sp³-hybridized carbons (Fsp3) is 0.290. The molecule has 228 valence electrons. The Bertz CT molecular complexity index is 1750. The first kappa shape index (κ1) is 30.1. The van der Waals surface area contributed by atoms with E-state index >= 15 is 0 Å². The van der Waals surface area contributed by atoms with Crippen LogP contribution in [-0.2, 0) is 14.3 Å². The molecule has 0 aliphatic carbocycles. The summed E-state index contributed by atoms with van der Waals surface area (Å²) in [5, 5.41) is 16.9. The molecule has 2 aromatic heterocycles. The maximum atomic E-state index is 14.0. The first-order valence-electron chi connectivity index (χ1n) is 14.1. The number of amidine groups is 1. The molecular formula is C31H29BrFN5O5S. The Morgan fingerprint density at radius 1 is 1.20 bits per heavy atom. The number of ether oxygens (including phenoxy) is 1. The summed E-state index contributed by atoms with van der Waals surface area (Å²) in [6, 6.07) is 10.0. The van der Waals surface area contributed by atoms with Gasteiger partial charge in [0.25, 0.3) is 0 Å². The van der Waals surface area contributed by atoms with Crippen molar-refractivity contribution in [1.82, 2.24) is 20.1 Å². The lowest BCUT2D eigenvalue weighted by Crippen LogP contribution is -2.51. The molecule has 2 unspecified atom stereocenters. The van der Waals surface area contributed by atoms with Crippen molar-refractivity contribution in [3.8, 4) is 0 Å². The highest BCUT2D eigenvalue weighted by atomic mass is 79.9. The predicted molar refractivity (Wildman–Crippen MR) is 167 cm³/mol. The molecule has 0 spiro atoms. The van der Waals surface area contributed by atoms with Gasteiger partial charge in [-0.05, 0) is 48.4 Å². The third kappa shape index (κ3) is 6.18. The minimum absolute atomic E-state index is 0.176. The van der Waals surface area contributed by atoms with Crippen molar-refractivity contribution >= 4 is 56.0 Å². The number of rotatable bonds is 9. The highest BCUT2D eigenvalue weighted by molar-refractivity contribution is 9.10. The van der Waals surface area contributed by atoms with Gasteiger partial charge in [-0.2, -0.15) is 0 Å². The maximum absolute atomic E-state index is 14.0. The molecule has 4 heterocycles. The fourth-order valence-corrected chi connectivity index (χ4v) is 6.79. The van der Waals surface area contributed by atoms with E-state index in [9.17, 15) is 19.1 Å². The molecule has 44 heavy (non-hydrogen) atoms. The van der Waals surface area contributed by atoms with Crippen LogP contribution in [0.15, 0.2) is 85.5 Å². The quantitative estimate of drug-likeness (QED) is 0.231. The van der Waals surface area contributed by atoms with E-state index < -0.39 is 29.8 Å². The molecule has 2 N–H and O–H groups in total. The van der Waals surface area contributed by atoms with Gasteiger partial charge < -0.3 is 19.6 Å². The monoisotopic (exact) mass is 681 g/mol. The summed E-state index contributed by atoms with van der Waals surface area (Å²) in [7, 11) is 0. The van der Waals surface area contributed by atoms with Crippen molar-refractivity contribution in [3.05, 3.63) is 98.0 Å². The molecule has 0 radical (unpaired) electrons. The number of carboxylic acid groups (broad SMARTS) is 1. The Morgan fingerprint density at radius 3 is 2.73 bits per heavy atom. The lowest BCUT2D eigenvalue weighted by Gasteiger charge is -2.39. The first-order valence-corrected chi connectivity index (χ1v) is 15.8. The van der Waals surface area contributed by atoms with Crippen LogP contribution >= 0.6 is 27.3 Å². The Labute approximate surface area is 265 Å². The third-order valence-corrected chi connectivity index (χ3v) is 9.16. The average molecular weight is 683 g/mol. The van der Waals surface area contributed by atoms with Gasteiger partial charge in [0.05, 0.1) is 18.4 Å². The van der Waals surface area contributed by atoms with Gasteiger partial charge in [-0.25, -0.2) is 14.2 Å². The minimum Gasteiger partial charge on any atom is -0.480 e. The summed E-state index contributed by atoms with van der Waals surface area (Å²) in [5.41, 5.74) is 2.96. The molecule has 1 saturated heterocycles. The second-order valence-corrected chi connectivity index (χ2v) is 12.1. The number of hydrogen-bond acceptors (Lipinski definition) is 10. The van der Waals surface area contributed by atoms with Crippen molar-refractivity contribution < 1.29 is 28.2 Å². The molecule has 4 aromatic rings. The lowest BCUT2D eigenvalue weighted by molar-refractivity contribution is -0.144. The Morgan fingerprint density at radius 2 is 2.02 bits per heavy atom. The second kappa shape index (κ2) is 13.0. The summed E-state index contributed by atoms with van der Waals surface area (Å²) in [5.74, 6) is -1.34. The van der Waals surface area contributed by atoms with Crippen molar-refractivity contribution in [2.75, 3.05) is 39.3 Å². The smallest absolute Gasteiger partial charge is 0.338 e. The van der Waals surface area contributed by atoms with Gasteiger partial charge in [0.2, 0.25) is 0 Å². The zero-order valence-corrected chi connectivity index (χ0v) is 26.1. The van der Waals surface area contributed by atoms with Crippen LogP contribution in [-0.4, -0.2) is 77.0 Å². The third-order valence-electron chi connectivity index (χ3n) is 7.69. The number of furan rings is 1. The summed E-state index contributed by atoms with van der Waals surface area (Å²) in [6.07, 6.45) is 3.27.